The minimum Gasteiger partial charge on any atom is -0.276 e. The first kappa shape index (κ1) is 13.4. The summed E-state index contributed by atoms with van der Waals surface area (Å²) in [6, 6.07) is 2.88. The van der Waals surface area contributed by atoms with E-state index in [1.165, 1.54) is 6.07 Å². The normalized spacial score (nSPS) is 10.0. The third-order valence-electron chi connectivity index (χ3n) is 2.45. The van der Waals surface area contributed by atoms with E-state index in [0.717, 1.165) is 0 Å². The fourth-order valence-corrected chi connectivity index (χ4v) is 1.80. The van der Waals surface area contributed by atoms with Gasteiger partial charge in [0.25, 0.3) is 10.9 Å². The molecule has 0 saturated heterocycles. The molecule has 17 heavy (non-hydrogen) atoms. The van der Waals surface area contributed by atoms with Gasteiger partial charge in [0, 0.05) is 17.2 Å². The number of nitro benzene ring substituents is 1. The van der Waals surface area contributed by atoms with Crippen LogP contribution in [-0.2, 0) is 6.42 Å². The molecule has 0 atom stereocenters. The van der Waals surface area contributed by atoms with Crippen molar-refractivity contribution >= 4 is 22.5 Å². The van der Waals surface area contributed by atoms with Crippen LogP contribution in [0, 0.1) is 17.0 Å². The van der Waals surface area contributed by atoms with E-state index in [4.69, 9.17) is 11.6 Å². The number of hydrogen-bond acceptors (Lipinski definition) is 3. The van der Waals surface area contributed by atoms with Crippen LogP contribution >= 0.6 is 11.6 Å². The molecule has 1 aromatic rings. The molecule has 0 unspecified atom stereocenters. The molecule has 0 heterocycles. The Morgan fingerprint density at radius 3 is 2.71 bits per heavy atom. The first-order chi connectivity index (χ1) is 7.97. The molecule has 1 aromatic carbocycles. The number of nitrogens with zero attached hydrogens (tertiary/aromatic N) is 1. The highest BCUT2D eigenvalue weighted by atomic mass is 35.5. The standard InChI is InChI=1S/C12H12ClNO3/c1-3-4-5-9-6-8(2)10(12(13)15)7-11(9)14(16)17/h3,6-7H,1,4-5H2,2H3. The number of benzene rings is 1. The van der Waals surface area contributed by atoms with Gasteiger partial charge in [-0.25, -0.2) is 0 Å². The first-order valence-electron chi connectivity index (χ1n) is 5.06. The summed E-state index contributed by atoms with van der Waals surface area (Å²) in [5.41, 5.74) is 1.35. The molecule has 0 fully saturated rings. The van der Waals surface area contributed by atoms with E-state index < -0.39 is 10.2 Å². The van der Waals surface area contributed by atoms with E-state index >= 15 is 0 Å². The Bertz CT molecular complexity index is 483. The van der Waals surface area contributed by atoms with Crippen molar-refractivity contribution in [3.8, 4) is 0 Å². The lowest BCUT2D eigenvalue weighted by Gasteiger charge is -2.06. The SMILES string of the molecule is C=CCCc1cc(C)c(C(=O)Cl)cc1[N+](=O)[O-]. The van der Waals surface area contributed by atoms with Crippen molar-refractivity contribution in [2.45, 2.75) is 19.8 Å². The van der Waals surface area contributed by atoms with E-state index in [1.54, 1.807) is 19.1 Å². The van der Waals surface area contributed by atoms with Gasteiger partial charge in [-0.2, -0.15) is 0 Å². The van der Waals surface area contributed by atoms with Crippen LogP contribution in [0.2, 0.25) is 0 Å². The lowest BCUT2D eigenvalue weighted by atomic mass is 10.0. The molecule has 0 amide bonds. The number of allylic oxidation sites excluding steroid dienone is 1. The highest BCUT2D eigenvalue weighted by molar-refractivity contribution is 6.68. The summed E-state index contributed by atoms with van der Waals surface area (Å²) in [6.07, 6.45) is 2.87. The van der Waals surface area contributed by atoms with Gasteiger partial charge in [-0.15, -0.1) is 6.58 Å². The molecule has 4 nitrogen and oxygen atoms in total. The van der Waals surface area contributed by atoms with Crippen LogP contribution in [0.5, 0.6) is 0 Å². The fourth-order valence-electron chi connectivity index (χ4n) is 1.60. The predicted molar refractivity (Wildman–Crippen MR) is 66.5 cm³/mol. The summed E-state index contributed by atoms with van der Waals surface area (Å²) in [7, 11) is 0. The van der Waals surface area contributed by atoms with Crippen LogP contribution in [0.1, 0.15) is 27.9 Å². The largest absolute Gasteiger partial charge is 0.276 e. The molecular formula is C12H12ClNO3. The van der Waals surface area contributed by atoms with E-state index in [0.29, 0.717) is 24.0 Å². The van der Waals surface area contributed by atoms with Gasteiger partial charge in [-0.3, -0.25) is 14.9 Å². The van der Waals surface area contributed by atoms with Crippen molar-refractivity contribution < 1.29 is 9.72 Å². The van der Waals surface area contributed by atoms with E-state index in [1.807, 2.05) is 0 Å². The summed E-state index contributed by atoms with van der Waals surface area (Å²) < 4.78 is 0. The van der Waals surface area contributed by atoms with Gasteiger partial charge < -0.3 is 0 Å². The fraction of sp³-hybridized carbons (Fsp3) is 0.250. The minimum atomic E-state index is -0.680. The van der Waals surface area contributed by atoms with Crippen LogP contribution in [0.4, 0.5) is 5.69 Å². The molecule has 0 bridgehead atoms. The summed E-state index contributed by atoms with van der Waals surface area (Å²) in [4.78, 5) is 21.5. The lowest BCUT2D eigenvalue weighted by molar-refractivity contribution is -0.385. The Hall–Kier alpha value is -1.68. The first-order valence-corrected chi connectivity index (χ1v) is 5.43. The van der Waals surface area contributed by atoms with E-state index in [-0.39, 0.29) is 11.3 Å². The van der Waals surface area contributed by atoms with Crippen molar-refractivity contribution in [3.05, 3.63) is 51.6 Å². The topological polar surface area (TPSA) is 60.2 Å². The molecule has 1 rings (SSSR count). The van der Waals surface area contributed by atoms with Crippen molar-refractivity contribution in [3.63, 3.8) is 0 Å². The number of carbonyl (C=O) groups excluding carboxylic acids is 1. The molecular weight excluding hydrogens is 242 g/mol. The van der Waals surface area contributed by atoms with Gasteiger partial charge in [0.15, 0.2) is 0 Å². The molecule has 0 aliphatic carbocycles. The van der Waals surface area contributed by atoms with Gasteiger partial charge in [0.1, 0.15) is 0 Å². The quantitative estimate of drug-likeness (QED) is 0.350. The van der Waals surface area contributed by atoms with Gasteiger partial charge in [0.05, 0.1) is 4.92 Å². The number of aryl methyl sites for hydroxylation is 2. The zero-order chi connectivity index (χ0) is 13.0. The van der Waals surface area contributed by atoms with Crippen molar-refractivity contribution in [1.82, 2.24) is 0 Å². The van der Waals surface area contributed by atoms with Crippen molar-refractivity contribution in [2.24, 2.45) is 0 Å². The molecule has 0 aromatic heterocycles. The lowest BCUT2D eigenvalue weighted by Crippen LogP contribution is -2.01. The van der Waals surface area contributed by atoms with Crippen LogP contribution in [0.3, 0.4) is 0 Å². The minimum absolute atomic E-state index is 0.0681. The maximum absolute atomic E-state index is 11.1. The number of carbonyl (C=O) groups is 1. The number of nitro groups is 1. The summed E-state index contributed by atoms with van der Waals surface area (Å²) >= 11 is 5.36. The van der Waals surface area contributed by atoms with Crippen LogP contribution in [0.25, 0.3) is 0 Å². The Balaban J connectivity index is 3.30. The van der Waals surface area contributed by atoms with Gasteiger partial charge in [-0.05, 0) is 43.0 Å². The van der Waals surface area contributed by atoms with Gasteiger partial charge in [0.2, 0.25) is 0 Å². The summed E-state index contributed by atoms with van der Waals surface area (Å²) in [6.45, 7) is 5.28. The summed E-state index contributed by atoms with van der Waals surface area (Å²) in [5, 5.41) is 10.2. The van der Waals surface area contributed by atoms with E-state index in [9.17, 15) is 14.9 Å². The second-order valence-electron chi connectivity index (χ2n) is 3.65. The van der Waals surface area contributed by atoms with Gasteiger partial charge in [-0.1, -0.05) is 6.08 Å². The zero-order valence-electron chi connectivity index (χ0n) is 9.40. The monoisotopic (exact) mass is 253 g/mol. The van der Waals surface area contributed by atoms with Gasteiger partial charge >= 0.3 is 0 Å². The maximum Gasteiger partial charge on any atom is 0.273 e. The van der Waals surface area contributed by atoms with Crippen LogP contribution in [0.15, 0.2) is 24.8 Å². The average Bonchev–Trinajstić information content (AvgIpc) is 2.25. The Morgan fingerprint density at radius 1 is 1.59 bits per heavy atom. The second kappa shape index (κ2) is 5.59. The van der Waals surface area contributed by atoms with E-state index in [2.05, 4.69) is 6.58 Å². The van der Waals surface area contributed by atoms with Crippen LogP contribution in [-0.4, -0.2) is 10.2 Å². The van der Waals surface area contributed by atoms with Crippen molar-refractivity contribution in [1.29, 1.82) is 0 Å². The Labute approximate surface area is 104 Å². The Morgan fingerprint density at radius 2 is 2.24 bits per heavy atom. The maximum atomic E-state index is 11.1. The molecule has 0 saturated carbocycles. The highest BCUT2D eigenvalue weighted by Crippen LogP contribution is 2.25. The molecule has 90 valence electrons. The molecule has 0 aliphatic heterocycles. The number of rotatable bonds is 5. The Kier molecular flexibility index (Phi) is 4.40. The third-order valence-corrected chi connectivity index (χ3v) is 2.66. The zero-order valence-corrected chi connectivity index (χ0v) is 10.2. The molecule has 0 N–H and O–H groups in total. The summed E-state index contributed by atoms with van der Waals surface area (Å²) in [5.74, 6) is 0. The average molecular weight is 254 g/mol. The smallest absolute Gasteiger partial charge is 0.273 e. The van der Waals surface area contributed by atoms with Crippen molar-refractivity contribution in [2.75, 3.05) is 0 Å². The highest BCUT2D eigenvalue weighted by Gasteiger charge is 2.18. The molecule has 0 radical (unpaired) electrons. The second-order valence-corrected chi connectivity index (χ2v) is 4.00. The molecule has 0 spiro atoms. The number of hydrogen-bond donors (Lipinski definition) is 0. The number of halogens is 1. The third kappa shape index (κ3) is 3.14. The predicted octanol–water partition coefficient (Wildman–Crippen LogP) is 3.40. The molecule has 5 heteroatoms. The molecule has 0 aliphatic rings. The van der Waals surface area contributed by atoms with Crippen LogP contribution < -0.4 is 0 Å².